The average Bonchev–Trinajstić information content (AvgIpc) is 3.18. The number of phosphoric ester groups is 1. The number of phosphoric acid groups is 1. The zero-order valence-electron chi connectivity index (χ0n) is 35.8. The molecule has 1 amide bonds. The Balaban J connectivity index is 2.52. The lowest BCUT2D eigenvalue weighted by molar-refractivity contribution is -0.220. The first-order valence-electron chi connectivity index (χ1n) is 23.1. The number of aliphatic hydroxyl groups is 7. The maximum absolute atomic E-state index is 13.0. The normalized spacial score (nSPS) is 23.9. The molecule has 1 rings (SSSR count). The molecule has 1 saturated carbocycles. The Labute approximate surface area is 345 Å². The molecule has 0 spiro atoms. The smallest absolute Gasteiger partial charge is 0.393 e. The van der Waals surface area contributed by atoms with Crippen LogP contribution in [-0.4, -0.2) is 108 Å². The molecule has 0 aromatic rings. The molecule has 0 bridgehead atoms. The molecule has 340 valence electrons. The summed E-state index contributed by atoms with van der Waals surface area (Å²) in [7, 11) is -5.11. The maximum Gasteiger partial charge on any atom is 0.472 e. The summed E-state index contributed by atoms with van der Waals surface area (Å²) in [5, 5.41) is 74.5. The predicted molar refractivity (Wildman–Crippen MR) is 224 cm³/mol. The van der Waals surface area contributed by atoms with Gasteiger partial charge in [0.25, 0.3) is 0 Å². The summed E-state index contributed by atoms with van der Waals surface area (Å²) in [5.74, 6) is -0.557. The number of hydrogen-bond donors (Lipinski definition) is 9. The van der Waals surface area contributed by atoms with E-state index in [4.69, 9.17) is 9.05 Å². The van der Waals surface area contributed by atoms with Crippen LogP contribution in [0.25, 0.3) is 0 Å². The van der Waals surface area contributed by atoms with Crippen molar-refractivity contribution in [3.05, 3.63) is 0 Å². The minimum atomic E-state index is -5.11. The van der Waals surface area contributed by atoms with E-state index in [9.17, 15) is 50.0 Å². The number of unbranched alkanes of at least 4 members (excludes halogenated alkanes) is 25. The quantitative estimate of drug-likeness (QED) is 0.0221. The molecule has 14 heteroatoms. The summed E-state index contributed by atoms with van der Waals surface area (Å²) in [4.78, 5) is 23.4. The van der Waals surface area contributed by atoms with Gasteiger partial charge in [-0.25, -0.2) is 4.57 Å². The molecule has 57 heavy (non-hydrogen) atoms. The van der Waals surface area contributed by atoms with Gasteiger partial charge in [-0.1, -0.05) is 187 Å². The maximum atomic E-state index is 13.0. The van der Waals surface area contributed by atoms with Crippen molar-refractivity contribution < 1.29 is 59.0 Å². The lowest BCUT2D eigenvalue weighted by atomic mass is 9.85. The number of rotatable bonds is 38. The number of nitrogens with one attached hydrogen (secondary N) is 1. The highest BCUT2D eigenvalue weighted by Crippen LogP contribution is 2.47. The summed E-state index contributed by atoms with van der Waals surface area (Å²) >= 11 is 0. The van der Waals surface area contributed by atoms with Gasteiger partial charge in [0.2, 0.25) is 5.91 Å². The molecule has 0 radical (unpaired) electrons. The zero-order valence-corrected chi connectivity index (χ0v) is 36.7. The van der Waals surface area contributed by atoms with Gasteiger partial charge in [0.05, 0.1) is 31.3 Å². The highest BCUT2D eigenvalue weighted by atomic mass is 31.2. The standard InChI is InChI=1S/C43H86NO12P/c1-3-5-7-9-11-13-15-17-19-20-22-24-26-28-30-34(45)32-37(47)44-35(36(46)31-29-27-25-23-21-18-16-14-12-10-8-6-4-2)33-55-57(53,54)56-43-41(51)39(49)38(48)40(50)42(43)52/h34-36,38-43,45-46,48-52H,3-33H2,1-2H3,(H,44,47)(H,53,54). The molecule has 13 nitrogen and oxygen atoms in total. The topological polar surface area (TPSA) is 226 Å². The molecule has 0 aliphatic heterocycles. The number of carbonyl (C=O) groups excluding carboxylic acids is 1. The molecule has 8 atom stereocenters. The second-order valence-electron chi connectivity index (χ2n) is 16.8. The van der Waals surface area contributed by atoms with Gasteiger partial charge in [0.15, 0.2) is 0 Å². The van der Waals surface area contributed by atoms with Crippen molar-refractivity contribution in [3.8, 4) is 0 Å². The summed E-state index contributed by atoms with van der Waals surface area (Å²) in [6.07, 6.45) is 18.7. The third-order valence-electron chi connectivity index (χ3n) is 11.5. The molecule has 0 saturated heterocycles. The Bertz CT molecular complexity index is 995. The van der Waals surface area contributed by atoms with Crippen molar-refractivity contribution in [1.29, 1.82) is 0 Å². The van der Waals surface area contributed by atoms with Crippen molar-refractivity contribution in [2.24, 2.45) is 0 Å². The average molecular weight is 840 g/mol. The Hall–Kier alpha value is -0.700. The highest BCUT2D eigenvalue weighted by molar-refractivity contribution is 7.47. The van der Waals surface area contributed by atoms with Crippen molar-refractivity contribution in [2.75, 3.05) is 6.61 Å². The fraction of sp³-hybridized carbons (Fsp3) is 0.977. The van der Waals surface area contributed by atoms with Crippen LogP contribution in [0.15, 0.2) is 0 Å². The molecule has 0 aromatic heterocycles. The fourth-order valence-electron chi connectivity index (χ4n) is 7.66. The zero-order chi connectivity index (χ0) is 42.3. The van der Waals surface area contributed by atoms with E-state index in [1.165, 1.54) is 116 Å². The number of carbonyl (C=O) groups is 1. The molecule has 0 aromatic carbocycles. The van der Waals surface area contributed by atoms with Crippen LogP contribution in [-0.2, 0) is 18.4 Å². The minimum Gasteiger partial charge on any atom is -0.393 e. The van der Waals surface area contributed by atoms with Crippen LogP contribution in [0.3, 0.4) is 0 Å². The van der Waals surface area contributed by atoms with Gasteiger partial charge in [0.1, 0.15) is 36.6 Å². The van der Waals surface area contributed by atoms with E-state index >= 15 is 0 Å². The van der Waals surface area contributed by atoms with E-state index in [1.807, 2.05) is 0 Å². The van der Waals surface area contributed by atoms with E-state index in [0.29, 0.717) is 12.8 Å². The van der Waals surface area contributed by atoms with E-state index in [2.05, 4.69) is 19.2 Å². The van der Waals surface area contributed by atoms with Gasteiger partial charge < -0.3 is 46.0 Å². The second-order valence-corrected chi connectivity index (χ2v) is 18.2. The SMILES string of the molecule is CCCCCCCCCCCCCCCCC(O)CC(=O)NC(COP(=O)(O)OC1C(O)C(O)C(O)C(O)C1O)C(O)CCCCCCCCCCCCCCC. The summed E-state index contributed by atoms with van der Waals surface area (Å²) in [6, 6.07) is -1.15. The summed E-state index contributed by atoms with van der Waals surface area (Å²) < 4.78 is 22.9. The van der Waals surface area contributed by atoms with E-state index in [1.54, 1.807) is 0 Å². The molecule has 0 heterocycles. The van der Waals surface area contributed by atoms with Gasteiger partial charge in [-0.3, -0.25) is 13.8 Å². The van der Waals surface area contributed by atoms with Crippen molar-refractivity contribution in [3.63, 3.8) is 0 Å². The Morgan fingerprint density at radius 2 is 0.877 bits per heavy atom. The third-order valence-corrected chi connectivity index (χ3v) is 12.5. The second kappa shape index (κ2) is 34.0. The lowest BCUT2D eigenvalue weighted by Gasteiger charge is -2.41. The fourth-order valence-corrected chi connectivity index (χ4v) is 8.62. The van der Waals surface area contributed by atoms with Crippen molar-refractivity contribution in [1.82, 2.24) is 5.32 Å². The largest absolute Gasteiger partial charge is 0.472 e. The van der Waals surface area contributed by atoms with Crippen LogP contribution >= 0.6 is 7.82 Å². The number of aliphatic hydroxyl groups excluding tert-OH is 7. The molecule has 1 fully saturated rings. The first-order valence-corrected chi connectivity index (χ1v) is 24.6. The van der Waals surface area contributed by atoms with E-state index in [0.717, 1.165) is 51.4 Å². The van der Waals surface area contributed by atoms with Gasteiger partial charge in [-0.05, 0) is 12.8 Å². The summed E-state index contributed by atoms with van der Waals surface area (Å²) in [6.45, 7) is 3.78. The molecule has 1 aliphatic rings. The van der Waals surface area contributed by atoms with Gasteiger partial charge in [-0.2, -0.15) is 0 Å². The Morgan fingerprint density at radius 3 is 1.26 bits per heavy atom. The first kappa shape index (κ1) is 54.3. The van der Waals surface area contributed by atoms with Crippen LogP contribution in [0.1, 0.15) is 206 Å². The summed E-state index contributed by atoms with van der Waals surface area (Å²) in [5.41, 5.74) is 0. The van der Waals surface area contributed by atoms with Crippen molar-refractivity contribution >= 4 is 13.7 Å². The Morgan fingerprint density at radius 1 is 0.544 bits per heavy atom. The Kier molecular flexibility index (Phi) is 32.4. The van der Waals surface area contributed by atoms with E-state index in [-0.39, 0.29) is 12.8 Å². The van der Waals surface area contributed by atoms with Gasteiger partial charge in [0, 0.05) is 0 Å². The van der Waals surface area contributed by atoms with E-state index < -0.39 is 75.2 Å². The third kappa shape index (κ3) is 26.3. The molecule has 9 N–H and O–H groups in total. The molecular weight excluding hydrogens is 753 g/mol. The highest BCUT2D eigenvalue weighted by Gasteiger charge is 2.51. The molecule has 8 unspecified atom stereocenters. The number of amides is 1. The van der Waals surface area contributed by atoms with Gasteiger partial charge >= 0.3 is 7.82 Å². The monoisotopic (exact) mass is 840 g/mol. The van der Waals surface area contributed by atoms with Crippen LogP contribution in [0.2, 0.25) is 0 Å². The number of hydrogen-bond acceptors (Lipinski definition) is 11. The first-order chi connectivity index (χ1) is 27.3. The van der Waals surface area contributed by atoms with Crippen LogP contribution < -0.4 is 5.32 Å². The predicted octanol–water partition coefficient (Wildman–Crippen LogP) is 7.26. The van der Waals surface area contributed by atoms with Crippen molar-refractivity contribution in [2.45, 2.75) is 261 Å². The molecule has 1 aliphatic carbocycles. The minimum absolute atomic E-state index is 0.216. The van der Waals surface area contributed by atoms with Crippen LogP contribution in [0.4, 0.5) is 0 Å². The van der Waals surface area contributed by atoms with Crippen LogP contribution in [0.5, 0.6) is 0 Å². The van der Waals surface area contributed by atoms with Crippen LogP contribution in [0, 0.1) is 0 Å². The lowest BCUT2D eigenvalue weighted by Crippen LogP contribution is -2.64. The molecular formula is C43H86NO12P. The van der Waals surface area contributed by atoms with Gasteiger partial charge in [-0.15, -0.1) is 0 Å².